The number of aromatic amines is 1. The molecule has 158 valence electrons. The number of nitrogens with one attached hydrogen (secondary N) is 2. The first-order chi connectivity index (χ1) is 14.2. The Balaban J connectivity index is 1.56. The molecule has 0 aliphatic carbocycles. The molecule has 1 fully saturated rings. The van der Waals surface area contributed by atoms with E-state index >= 15 is 0 Å². The van der Waals surface area contributed by atoms with Gasteiger partial charge in [-0.05, 0) is 42.7 Å². The molecule has 2 N–H and O–H groups in total. The lowest BCUT2D eigenvalue weighted by Gasteiger charge is -2.17. The van der Waals surface area contributed by atoms with Crippen molar-refractivity contribution in [3.63, 3.8) is 0 Å². The molecule has 4 rings (SSSR count). The first-order valence-corrected chi connectivity index (χ1v) is 12.5. The molecule has 8 nitrogen and oxygen atoms in total. The molecule has 30 heavy (non-hydrogen) atoms. The molecule has 0 spiro atoms. The molecule has 1 amide bonds. The number of nitrogens with zero attached hydrogens (tertiary/aromatic N) is 1. The van der Waals surface area contributed by atoms with Crippen molar-refractivity contribution in [3.8, 4) is 0 Å². The second-order valence-corrected chi connectivity index (χ2v) is 10.9. The maximum atomic E-state index is 12.9. The molecule has 2 aromatic carbocycles. The van der Waals surface area contributed by atoms with Gasteiger partial charge in [0.1, 0.15) is 0 Å². The van der Waals surface area contributed by atoms with Gasteiger partial charge in [0.15, 0.2) is 0 Å². The van der Waals surface area contributed by atoms with E-state index in [1.54, 1.807) is 6.92 Å². The topological polar surface area (TPSA) is 116 Å². The number of para-hydroxylation sites is 1. The molecule has 3 aromatic rings. The zero-order chi connectivity index (χ0) is 21.5. The highest BCUT2D eigenvalue weighted by Gasteiger charge is 2.36. The summed E-state index contributed by atoms with van der Waals surface area (Å²) in [5.41, 5.74) is 2.48. The normalized spacial score (nSPS) is 16.4. The molecular weight excluding hydrogens is 426 g/mol. The summed E-state index contributed by atoms with van der Waals surface area (Å²) in [7, 11) is -7.66. The van der Waals surface area contributed by atoms with Crippen molar-refractivity contribution in [2.45, 2.75) is 24.7 Å². The number of sulfonamides is 2. The summed E-state index contributed by atoms with van der Waals surface area (Å²) in [6, 6.07) is 12.0. The van der Waals surface area contributed by atoms with Crippen LogP contribution in [0.4, 0.5) is 5.69 Å². The summed E-state index contributed by atoms with van der Waals surface area (Å²) in [6.45, 7) is 1.80. The molecule has 0 saturated carbocycles. The third kappa shape index (κ3) is 3.73. The zero-order valence-corrected chi connectivity index (χ0v) is 17.9. The highest BCUT2D eigenvalue weighted by Crippen LogP contribution is 2.29. The van der Waals surface area contributed by atoms with Gasteiger partial charge in [0.2, 0.25) is 26.0 Å². The van der Waals surface area contributed by atoms with Crippen LogP contribution in [0, 0.1) is 6.92 Å². The maximum absolute atomic E-state index is 12.9. The number of benzene rings is 2. The Kier molecular flexibility index (Phi) is 5.16. The van der Waals surface area contributed by atoms with Crippen molar-refractivity contribution < 1.29 is 21.6 Å². The largest absolute Gasteiger partial charge is 0.361 e. The first kappa shape index (κ1) is 20.6. The number of carbonyl (C=O) groups excluding carboxylic acids is 1. The number of rotatable bonds is 6. The number of hydrogen-bond acceptors (Lipinski definition) is 5. The smallest absolute Gasteiger partial charge is 0.242 e. The molecule has 1 aliphatic heterocycles. The van der Waals surface area contributed by atoms with Crippen LogP contribution in [-0.2, 0) is 31.3 Å². The van der Waals surface area contributed by atoms with Crippen LogP contribution in [0.2, 0.25) is 0 Å². The van der Waals surface area contributed by atoms with Gasteiger partial charge in [-0.25, -0.2) is 25.9 Å². The van der Waals surface area contributed by atoms with Crippen molar-refractivity contribution in [1.29, 1.82) is 0 Å². The molecule has 0 atom stereocenters. The van der Waals surface area contributed by atoms with Crippen molar-refractivity contribution in [3.05, 3.63) is 59.8 Å². The minimum atomic E-state index is -3.90. The van der Waals surface area contributed by atoms with Crippen LogP contribution < -0.4 is 9.03 Å². The lowest BCUT2D eigenvalue weighted by Crippen LogP contribution is -2.30. The molecule has 1 aliphatic rings. The lowest BCUT2D eigenvalue weighted by atomic mass is 10.1. The van der Waals surface area contributed by atoms with Crippen LogP contribution in [-0.4, -0.2) is 40.0 Å². The van der Waals surface area contributed by atoms with E-state index in [9.17, 15) is 21.6 Å². The van der Waals surface area contributed by atoms with Gasteiger partial charge in [-0.1, -0.05) is 24.3 Å². The summed E-state index contributed by atoms with van der Waals surface area (Å²) in [5.74, 6) is -0.834. The van der Waals surface area contributed by atoms with Crippen LogP contribution in [0.15, 0.2) is 53.6 Å². The highest BCUT2D eigenvalue weighted by atomic mass is 32.2. The Morgan fingerprint density at radius 2 is 1.93 bits per heavy atom. The van der Waals surface area contributed by atoms with Crippen LogP contribution in [0.25, 0.3) is 10.9 Å². The van der Waals surface area contributed by atoms with E-state index in [1.807, 2.05) is 30.5 Å². The summed E-state index contributed by atoms with van der Waals surface area (Å²) >= 11 is 0. The number of H-pyrrole nitrogens is 1. The van der Waals surface area contributed by atoms with Gasteiger partial charge in [-0.15, -0.1) is 0 Å². The van der Waals surface area contributed by atoms with E-state index in [0.717, 1.165) is 16.5 Å². The van der Waals surface area contributed by atoms with E-state index in [-0.39, 0.29) is 29.3 Å². The molecule has 0 radical (unpaired) electrons. The fourth-order valence-electron chi connectivity index (χ4n) is 3.61. The number of amides is 1. The van der Waals surface area contributed by atoms with E-state index in [2.05, 4.69) is 9.71 Å². The number of carbonyl (C=O) groups is 1. The monoisotopic (exact) mass is 447 g/mol. The fraction of sp³-hybridized carbons (Fsp3) is 0.250. The van der Waals surface area contributed by atoms with Crippen LogP contribution in [0.3, 0.4) is 0 Å². The minimum absolute atomic E-state index is 0.0418. The average molecular weight is 448 g/mol. The van der Waals surface area contributed by atoms with Gasteiger partial charge in [-0.2, -0.15) is 0 Å². The van der Waals surface area contributed by atoms with E-state index in [1.165, 1.54) is 18.2 Å². The number of hydrogen-bond donors (Lipinski definition) is 2. The van der Waals surface area contributed by atoms with Gasteiger partial charge in [0, 0.05) is 30.1 Å². The Labute approximate surface area is 175 Å². The van der Waals surface area contributed by atoms with E-state index < -0.39 is 26.0 Å². The second kappa shape index (κ2) is 7.53. The molecule has 0 unspecified atom stereocenters. The van der Waals surface area contributed by atoms with Gasteiger partial charge >= 0.3 is 0 Å². The molecule has 1 saturated heterocycles. The number of fused-ring (bicyclic) bond motifs is 1. The van der Waals surface area contributed by atoms with Crippen molar-refractivity contribution in [2.24, 2.45) is 0 Å². The number of aryl methyl sites for hydroxylation is 1. The average Bonchev–Trinajstić information content (AvgIpc) is 3.22. The summed E-state index contributed by atoms with van der Waals surface area (Å²) in [6.07, 6.45) is 2.23. The number of aromatic nitrogens is 1. The fourth-order valence-corrected chi connectivity index (χ4v) is 6.36. The maximum Gasteiger partial charge on any atom is 0.242 e. The van der Waals surface area contributed by atoms with Crippen LogP contribution in [0.5, 0.6) is 0 Å². The van der Waals surface area contributed by atoms with Crippen LogP contribution in [0.1, 0.15) is 17.5 Å². The van der Waals surface area contributed by atoms with Gasteiger partial charge < -0.3 is 4.98 Å². The number of anilines is 1. The predicted molar refractivity (Wildman–Crippen MR) is 114 cm³/mol. The third-order valence-corrected chi connectivity index (χ3v) is 8.43. The Morgan fingerprint density at radius 1 is 1.17 bits per heavy atom. The first-order valence-electron chi connectivity index (χ1n) is 9.40. The molecule has 1 aromatic heterocycles. The predicted octanol–water partition coefficient (Wildman–Crippen LogP) is 2.06. The quantitative estimate of drug-likeness (QED) is 0.600. The summed E-state index contributed by atoms with van der Waals surface area (Å²) in [5, 5.41) is 1.03. The summed E-state index contributed by atoms with van der Waals surface area (Å²) < 4.78 is 53.4. The van der Waals surface area contributed by atoms with Crippen molar-refractivity contribution >= 4 is 42.5 Å². The van der Waals surface area contributed by atoms with Crippen molar-refractivity contribution in [2.75, 3.05) is 16.6 Å². The minimum Gasteiger partial charge on any atom is -0.361 e. The second-order valence-electron chi connectivity index (χ2n) is 7.18. The standard InChI is InChI=1S/C20H21N3O5S2/c1-14-6-7-16(23-20(24)9-11-29(23,25)26)12-19(14)30(27,28)22-10-8-15-13-21-18-5-3-2-4-17(15)18/h2-7,12-13,21-22H,8-11H2,1H3. The molecule has 2 heterocycles. The van der Waals surface area contributed by atoms with E-state index in [4.69, 9.17) is 0 Å². The zero-order valence-electron chi connectivity index (χ0n) is 16.3. The Hall–Kier alpha value is -2.69. The van der Waals surface area contributed by atoms with Crippen LogP contribution >= 0.6 is 0 Å². The van der Waals surface area contributed by atoms with Crippen molar-refractivity contribution in [1.82, 2.24) is 9.71 Å². The molecular formula is C20H21N3O5S2. The lowest BCUT2D eigenvalue weighted by molar-refractivity contribution is -0.116. The molecule has 0 bridgehead atoms. The van der Waals surface area contributed by atoms with Gasteiger partial charge in [0.05, 0.1) is 16.3 Å². The SMILES string of the molecule is Cc1ccc(N2C(=O)CCS2(=O)=O)cc1S(=O)(=O)NCCc1c[nH]c2ccccc12. The Bertz CT molecular complexity index is 1340. The van der Waals surface area contributed by atoms with Gasteiger partial charge in [0.25, 0.3) is 0 Å². The van der Waals surface area contributed by atoms with E-state index in [0.29, 0.717) is 16.3 Å². The third-order valence-electron chi connectivity index (χ3n) is 5.14. The summed E-state index contributed by atoms with van der Waals surface area (Å²) in [4.78, 5) is 15.1. The van der Waals surface area contributed by atoms with Gasteiger partial charge in [-0.3, -0.25) is 4.79 Å². The molecule has 10 heteroatoms. The highest BCUT2D eigenvalue weighted by molar-refractivity contribution is 7.94. The Morgan fingerprint density at radius 3 is 2.67 bits per heavy atom.